The number of hydrogen-bond acceptors (Lipinski definition) is 8. The van der Waals surface area contributed by atoms with E-state index in [0.717, 1.165) is 0 Å². The van der Waals surface area contributed by atoms with Crippen LogP contribution in [-0.4, -0.2) is 48.3 Å². The van der Waals surface area contributed by atoms with Gasteiger partial charge >= 0.3 is 6.09 Å². The molecule has 1 fully saturated rings. The van der Waals surface area contributed by atoms with Gasteiger partial charge < -0.3 is 25.3 Å². The van der Waals surface area contributed by atoms with Gasteiger partial charge in [-0.25, -0.2) is 19.2 Å². The monoisotopic (exact) mass is 471 g/mol. The van der Waals surface area contributed by atoms with Crippen molar-refractivity contribution in [2.75, 3.05) is 36.1 Å². The van der Waals surface area contributed by atoms with E-state index in [4.69, 9.17) is 19.9 Å². The zero-order chi connectivity index (χ0) is 24.0. The van der Waals surface area contributed by atoms with E-state index in [1.807, 2.05) is 6.92 Å². The zero-order valence-electron chi connectivity index (χ0n) is 18.5. The van der Waals surface area contributed by atoms with E-state index in [-0.39, 0.29) is 41.5 Å². The third kappa shape index (κ3) is 3.92. The molecule has 4 N–H and O–H groups in total. The van der Waals surface area contributed by atoms with Crippen molar-refractivity contribution in [2.24, 2.45) is 5.92 Å². The number of nitrogen functional groups attached to an aromatic ring is 1. The molecule has 11 heteroatoms. The molecule has 4 heterocycles. The summed E-state index contributed by atoms with van der Waals surface area (Å²) in [5.41, 5.74) is 7.81. The molecule has 0 unspecified atom stereocenters. The van der Waals surface area contributed by atoms with Gasteiger partial charge in [0.05, 0.1) is 25.4 Å². The molecule has 3 aromatic rings. The Morgan fingerprint density at radius 2 is 2.09 bits per heavy atom. The Hall–Kier alpha value is -3.73. The first kappa shape index (κ1) is 22.1. The number of halogens is 2. The Labute approximate surface area is 193 Å². The van der Waals surface area contributed by atoms with Crippen LogP contribution in [0.3, 0.4) is 0 Å². The van der Waals surface area contributed by atoms with E-state index < -0.39 is 18.3 Å². The van der Waals surface area contributed by atoms with E-state index in [2.05, 4.69) is 20.6 Å². The van der Waals surface area contributed by atoms with Crippen LogP contribution in [0.5, 0.6) is 5.88 Å². The molecule has 2 aliphatic rings. The summed E-state index contributed by atoms with van der Waals surface area (Å²) in [4.78, 5) is 20.6. The molecule has 1 amide bonds. The van der Waals surface area contributed by atoms with Crippen LogP contribution in [0.1, 0.15) is 12.5 Å². The van der Waals surface area contributed by atoms with Crippen molar-refractivity contribution >= 4 is 34.1 Å². The van der Waals surface area contributed by atoms with Crippen LogP contribution in [0.4, 0.5) is 30.8 Å². The number of ether oxygens (including phenoxy) is 3. The van der Waals surface area contributed by atoms with Gasteiger partial charge in [0.25, 0.3) is 6.36 Å². The molecule has 178 valence electrons. The molecule has 1 saturated heterocycles. The van der Waals surface area contributed by atoms with Crippen LogP contribution in [0, 0.1) is 18.7 Å². The summed E-state index contributed by atoms with van der Waals surface area (Å²) in [5, 5.41) is 6.47. The Kier molecular flexibility index (Phi) is 5.56. The predicted octanol–water partition coefficient (Wildman–Crippen LogP) is 4.01. The largest absolute Gasteiger partial charge is 0.443 e. The third-order valence-corrected chi connectivity index (χ3v) is 6.06. The number of nitrogens with one attached hydrogen (secondary N) is 2. The normalized spacial score (nSPS) is 21.5. The number of aromatic nitrogens is 2. The maximum Gasteiger partial charge on any atom is 0.413 e. The molecular weight excluding hydrogens is 448 g/mol. The fraction of sp³-hybridized carbons (Fsp3) is 0.348. The number of anilines is 3. The van der Waals surface area contributed by atoms with Gasteiger partial charge in [-0.1, -0.05) is 6.92 Å². The lowest BCUT2D eigenvalue weighted by Crippen LogP contribution is -2.27. The first-order valence-corrected chi connectivity index (χ1v) is 10.8. The van der Waals surface area contributed by atoms with Crippen molar-refractivity contribution < 1.29 is 27.8 Å². The molecule has 0 spiro atoms. The van der Waals surface area contributed by atoms with Crippen molar-refractivity contribution in [3.8, 4) is 17.0 Å². The second-order valence-electron chi connectivity index (χ2n) is 8.41. The second-order valence-corrected chi connectivity index (χ2v) is 8.41. The van der Waals surface area contributed by atoms with Crippen LogP contribution in [0.2, 0.25) is 0 Å². The summed E-state index contributed by atoms with van der Waals surface area (Å²) in [6.07, 6.45) is 0.314. The molecular formula is C23H23F2N5O4. The SMILES string of the molecule is Cc1c(-c2cc3cc(NC(=O)O[C@@H]4COC[C@@H]4C)ncc3c(N)c2F)cnc2c1NC[C@@H](F)O2. The average molecular weight is 471 g/mol. The molecule has 2 aliphatic heterocycles. The van der Waals surface area contributed by atoms with Gasteiger partial charge in [-0.05, 0) is 30.0 Å². The first-order chi connectivity index (χ1) is 16.3. The smallest absolute Gasteiger partial charge is 0.413 e. The topological polar surface area (TPSA) is 121 Å². The lowest BCUT2D eigenvalue weighted by molar-refractivity contribution is 0.0688. The molecule has 5 rings (SSSR count). The maximum absolute atomic E-state index is 15.3. The number of nitrogens with zero attached hydrogens (tertiary/aromatic N) is 2. The average Bonchev–Trinajstić information content (AvgIpc) is 3.20. The number of alkyl halides is 1. The summed E-state index contributed by atoms with van der Waals surface area (Å²) in [6, 6.07) is 3.19. The van der Waals surface area contributed by atoms with Gasteiger partial charge in [-0.15, -0.1) is 0 Å². The number of hydrogen-bond donors (Lipinski definition) is 3. The van der Waals surface area contributed by atoms with Crippen molar-refractivity contribution in [1.82, 2.24) is 9.97 Å². The van der Waals surface area contributed by atoms with E-state index in [1.165, 1.54) is 12.4 Å². The molecule has 0 radical (unpaired) electrons. The van der Waals surface area contributed by atoms with Crippen molar-refractivity contribution in [2.45, 2.75) is 26.3 Å². The minimum absolute atomic E-state index is 0.0378. The predicted molar refractivity (Wildman–Crippen MR) is 122 cm³/mol. The number of nitrogens with two attached hydrogens (primary N) is 1. The fourth-order valence-electron chi connectivity index (χ4n) is 4.12. The number of amides is 1. The quantitative estimate of drug-likeness (QED) is 0.490. The number of rotatable bonds is 3. The molecule has 9 nitrogen and oxygen atoms in total. The Balaban J connectivity index is 1.48. The highest BCUT2D eigenvalue weighted by Crippen LogP contribution is 2.40. The van der Waals surface area contributed by atoms with Gasteiger partial charge in [-0.3, -0.25) is 5.32 Å². The van der Waals surface area contributed by atoms with Crippen molar-refractivity contribution in [3.63, 3.8) is 0 Å². The molecule has 1 aromatic carbocycles. The van der Waals surface area contributed by atoms with Crippen LogP contribution >= 0.6 is 0 Å². The Morgan fingerprint density at radius 1 is 1.26 bits per heavy atom. The number of pyridine rings is 2. The number of carbonyl (C=O) groups is 1. The molecule has 0 aliphatic carbocycles. The highest BCUT2D eigenvalue weighted by Gasteiger charge is 2.28. The lowest BCUT2D eigenvalue weighted by atomic mass is 9.97. The summed E-state index contributed by atoms with van der Waals surface area (Å²) >= 11 is 0. The van der Waals surface area contributed by atoms with E-state index >= 15 is 4.39 Å². The van der Waals surface area contributed by atoms with Crippen molar-refractivity contribution in [1.29, 1.82) is 0 Å². The Morgan fingerprint density at radius 3 is 2.85 bits per heavy atom. The van der Waals surface area contributed by atoms with Gasteiger partial charge in [0.1, 0.15) is 17.6 Å². The first-order valence-electron chi connectivity index (χ1n) is 10.8. The van der Waals surface area contributed by atoms with Gasteiger partial charge in [0, 0.05) is 34.8 Å². The van der Waals surface area contributed by atoms with E-state index in [1.54, 1.807) is 19.1 Å². The molecule has 34 heavy (non-hydrogen) atoms. The minimum Gasteiger partial charge on any atom is -0.443 e. The summed E-state index contributed by atoms with van der Waals surface area (Å²) < 4.78 is 44.6. The minimum atomic E-state index is -1.51. The summed E-state index contributed by atoms with van der Waals surface area (Å²) in [7, 11) is 0. The number of fused-ring (bicyclic) bond motifs is 2. The summed E-state index contributed by atoms with van der Waals surface area (Å²) in [5.74, 6) is -0.185. The highest BCUT2D eigenvalue weighted by molar-refractivity contribution is 5.99. The summed E-state index contributed by atoms with van der Waals surface area (Å²) in [6.45, 7) is 4.54. The zero-order valence-corrected chi connectivity index (χ0v) is 18.5. The van der Waals surface area contributed by atoms with E-state index in [9.17, 15) is 9.18 Å². The van der Waals surface area contributed by atoms with Crippen LogP contribution in [0.25, 0.3) is 21.9 Å². The van der Waals surface area contributed by atoms with E-state index in [0.29, 0.717) is 40.8 Å². The number of benzene rings is 1. The second kappa shape index (κ2) is 8.56. The van der Waals surface area contributed by atoms with Gasteiger partial charge in [0.15, 0.2) is 5.82 Å². The third-order valence-electron chi connectivity index (χ3n) is 6.06. The fourth-order valence-corrected chi connectivity index (χ4v) is 4.12. The number of carbonyl (C=O) groups excluding carboxylic acids is 1. The van der Waals surface area contributed by atoms with Gasteiger partial charge in [-0.2, -0.15) is 4.39 Å². The van der Waals surface area contributed by atoms with Crippen LogP contribution in [0.15, 0.2) is 24.5 Å². The van der Waals surface area contributed by atoms with Crippen LogP contribution in [-0.2, 0) is 9.47 Å². The maximum atomic E-state index is 15.3. The van der Waals surface area contributed by atoms with Gasteiger partial charge in [0.2, 0.25) is 5.88 Å². The standard InChI is InChI=1S/C23H23F2N5O4/c1-10-8-32-9-16(10)33-23(31)30-18-4-12-3-13(19(25)20(26)15(12)6-27-18)14-5-29-22-21(11(14)2)28-7-17(24)34-22/h3-6,10,16-17,28H,7-9,26H2,1-2H3,(H,27,30,31)/t10-,16+,17-/m0/s1. The van der Waals surface area contributed by atoms with Crippen molar-refractivity contribution in [3.05, 3.63) is 35.9 Å². The molecule has 0 bridgehead atoms. The molecule has 2 aromatic heterocycles. The lowest BCUT2D eigenvalue weighted by Gasteiger charge is -2.24. The van der Waals surface area contributed by atoms with Crippen LogP contribution < -0.4 is 21.1 Å². The molecule has 3 atom stereocenters. The molecule has 0 saturated carbocycles. The highest BCUT2D eigenvalue weighted by atomic mass is 19.1. The Bertz CT molecular complexity index is 1290.